The van der Waals surface area contributed by atoms with Crippen molar-refractivity contribution in [2.75, 3.05) is 32.6 Å². The Balaban J connectivity index is 1.77. The number of ether oxygens (including phenoxy) is 1. The molecule has 1 fully saturated rings. The molecule has 9 nitrogen and oxygen atoms in total. The summed E-state index contributed by atoms with van der Waals surface area (Å²) in [7, 11) is 3.27. The Hall–Kier alpha value is -3.49. The summed E-state index contributed by atoms with van der Waals surface area (Å²) in [6.07, 6.45) is 2.16. The summed E-state index contributed by atoms with van der Waals surface area (Å²) >= 11 is 0. The number of carbonyl (C=O) groups is 1. The molecule has 2 aromatic heterocycles. The molecule has 0 bridgehead atoms. The number of methoxy groups -OCH3 is 1. The molecule has 0 spiro atoms. The van der Waals surface area contributed by atoms with Crippen LogP contribution in [0.5, 0.6) is 0 Å². The Morgan fingerprint density at radius 3 is 2.88 bits per heavy atom. The van der Waals surface area contributed by atoms with Crippen molar-refractivity contribution in [3.63, 3.8) is 0 Å². The lowest BCUT2D eigenvalue weighted by Crippen LogP contribution is -2.25. The van der Waals surface area contributed by atoms with Crippen molar-refractivity contribution < 1.29 is 18.3 Å². The van der Waals surface area contributed by atoms with Crippen molar-refractivity contribution >= 4 is 22.8 Å². The zero-order chi connectivity index (χ0) is 23.7. The molecule has 33 heavy (non-hydrogen) atoms. The van der Waals surface area contributed by atoms with Gasteiger partial charge in [-0.1, -0.05) is 5.92 Å². The first-order valence-corrected chi connectivity index (χ1v) is 10.6. The van der Waals surface area contributed by atoms with Crippen LogP contribution in [0.2, 0.25) is 0 Å². The van der Waals surface area contributed by atoms with E-state index in [1.165, 1.54) is 12.4 Å². The van der Waals surface area contributed by atoms with Gasteiger partial charge in [0.05, 0.1) is 30.1 Å². The van der Waals surface area contributed by atoms with Crippen LogP contribution in [0, 0.1) is 23.5 Å². The van der Waals surface area contributed by atoms with Crippen molar-refractivity contribution in [3.05, 3.63) is 40.8 Å². The monoisotopic (exact) mass is 457 g/mol. The second kappa shape index (κ2) is 9.17. The fourth-order valence-electron chi connectivity index (χ4n) is 4.19. The van der Waals surface area contributed by atoms with E-state index in [1.807, 2.05) is 6.92 Å². The van der Waals surface area contributed by atoms with Gasteiger partial charge in [-0.05, 0) is 19.3 Å². The van der Waals surface area contributed by atoms with Gasteiger partial charge in [-0.2, -0.15) is 5.10 Å². The number of carbonyl (C=O) groups excluding carboxylic acids is 1. The van der Waals surface area contributed by atoms with Crippen LogP contribution in [0.25, 0.3) is 11.0 Å². The van der Waals surface area contributed by atoms with Gasteiger partial charge in [-0.15, -0.1) is 0 Å². The van der Waals surface area contributed by atoms with Gasteiger partial charge in [0.25, 0.3) is 5.91 Å². The van der Waals surface area contributed by atoms with Crippen molar-refractivity contribution in [1.82, 2.24) is 24.6 Å². The third kappa shape index (κ3) is 4.03. The molecule has 4 N–H and O–H groups in total. The Labute approximate surface area is 189 Å². The van der Waals surface area contributed by atoms with Gasteiger partial charge >= 0.3 is 0 Å². The Bertz CT molecular complexity index is 1270. The number of imidazole rings is 1. The van der Waals surface area contributed by atoms with Crippen molar-refractivity contribution in [2.24, 2.45) is 5.73 Å². The van der Waals surface area contributed by atoms with E-state index in [4.69, 9.17) is 10.5 Å². The van der Waals surface area contributed by atoms with E-state index in [-0.39, 0.29) is 28.9 Å². The van der Waals surface area contributed by atoms with Gasteiger partial charge in [0.2, 0.25) is 0 Å². The minimum absolute atomic E-state index is 0.0281. The highest BCUT2D eigenvalue weighted by Crippen LogP contribution is 2.28. The number of fused-ring (bicyclic) bond motifs is 1. The predicted octanol–water partition coefficient (Wildman–Crippen LogP) is 1.62. The molecule has 1 amide bonds. The largest absolute Gasteiger partial charge is 0.383 e. The number of halogens is 2. The summed E-state index contributed by atoms with van der Waals surface area (Å²) in [5.74, 6) is 3.12. The number of hydrogen-bond acceptors (Lipinski definition) is 6. The number of anilines is 1. The second-order valence-electron chi connectivity index (χ2n) is 7.78. The minimum atomic E-state index is -0.860. The summed E-state index contributed by atoms with van der Waals surface area (Å²) in [6, 6.07) is 1.26. The number of rotatable bonds is 6. The second-order valence-corrected chi connectivity index (χ2v) is 7.78. The van der Waals surface area contributed by atoms with E-state index in [1.54, 1.807) is 23.4 Å². The standard InChI is InChI=1S/C22H25F2N7O2/c1-4-30-11-28-20-17(30)8-15(23)14(19(20)24)5-6-16-18(21(25)32)22(26-2)31(29-16)13-7-12(10-33-3)27-9-13/h8,11-13,26-27H,4,7,9-10H2,1-3H3,(H2,25,32)/t12-,13+/m1/s1. The lowest BCUT2D eigenvalue weighted by atomic mass is 10.1. The van der Waals surface area contributed by atoms with Gasteiger partial charge in [0.15, 0.2) is 11.5 Å². The normalized spacial score (nSPS) is 17.8. The maximum absolute atomic E-state index is 15.0. The quantitative estimate of drug-likeness (QED) is 0.485. The van der Waals surface area contributed by atoms with E-state index < -0.39 is 23.1 Å². The summed E-state index contributed by atoms with van der Waals surface area (Å²) in [4.78, 5) is 16.2. The number of nitrogens with one attached hydrogen (secondary N) is 2. The average molecular weight is 457 g/mol. The van der Waals surface area contributed by atoms with Crippen molar-refractivity contribution in [1.29, 1.82) is 0 Å². The lowest BCUT2D eigenvalue weighted by molar-refractivity contribution is 0.100. The SMILES string of the molecule is CCn1cnc2c(F)c(C#Cc3nn([C@@H]4CN[C@@H](COC)C4)c(NC)c3C(N)=O)c(F)cc21. The van der Waals surface area contributed by atoms with Crippen LogP contribution >= 0.6 is 0 Å². The molecule has 1 saturated heterocycles. The molecule has 0 saturated carbocycles. The molecule has 0 unspecified atom stereocenters. The van der Waals surface area contributed by atoms with E-state index in [0.29, 0.717) is 31.0 Å². The molecular formula is C22H25F2N7O2. The van der Waals surface area contributed by atoms with Gasteiger partial charge in [-0.3, -0.25) is 4.79 Å². The van der Waals surface area contributed by atoms with E-state index in [0.717, 1.165) is 6.42 Å². The molecular weight excluding hydrogens is 432 g/mol. The van der Waals surface area contributed by atoms with Crippen LogP contribution in [-0.2, 0) is 11.3 Å². The summed E-state index contributed by atoms with van der Waals surface area (Å²) in [5, 5.41) is 10.8. The number of aryl methyl sites for hydroxylation is 1. The van der Waals surface area contributed by atoms with Gasteiger partial charge in [0, 0.05) is 39.4 Å². The maximum atomic E-state index is 15.0. The molecule has 1 aliphatic rings. The molecule has 0 aliphatic carbocycles. The lowest BCUT2D eigenvalue weighted by Gasteiger charge is -2.14. The van der Waals surface area contributed by atoms with Crippen LogP contribution < -0.4 is 16.4 Å². The van der Waals surface area contributed by atoms with Gasteiger partial charge in [0.1, 0.15) is 22.7 Å². The van der Waals surface area contributed by atoms with Crippen molar-refractivity contribution in [2.45, 2.75) is 32.0 Å². The fraction of sp³-hybridized carbons (Fsp3) is 0.409. The highest BCUT2D eigenvalue weighted by molar-refractivity contribution is 6.00. The molecule has 174 valence electrons. The van der Waals surface area contributed by atoms with Gasteiger partial charge < -0.3 is 25.7 Å². The number of benzene rings is 1. The topological polar surface area (TPSA) is 112 Å². The average Bonchev–Trinajstić information content (AvgIpc) is 3.50. The fourth-order valence-corrected chi connectivity index (χ4v) is 4.19. The first-order valence-electron chi connectivity index (χ1n) is 10.6. The number of nitrogens with two attached hydrogens (primary N) is 1. The number of aromatic nitrogens is 4. The number of primary amides is 1. The van der Waals surface area contributed by atoms with E-state index in [2.05, 4.69) is 32.6 Å². The molecule has 2 atom stereocenters. The number of hydrogen-bond donors (Lipinski definition) is 3. The molecule has 11 heteroatoms. The molecule has 1 aliphatic heterocycles. The zero-order valence-electron chi connectivity index (χ0n) is 18.6. The first-order chi connectivity index (χ1) is 15.9. The highest BCUT2D eigenvalue weighted by Gasteiger charge is 2.31. The molecule has 4 rings (SSSR count). The van der Waals surface area contributed by atoms with Crippen molar-refractivity contribution in [3.8, 4) is 11.8 Å². The Morgan fingerprint density at radius 2 is 2.21 bits per heavy atom. The summed E-state index contributed by atoms with van der Waals surface area (Å²) < 4.78 is 38.2. The number of amides is 1. The molecule has 3 heterocycles. The Kier molecular flexibility index (Phi) is 6.31. The number of nitrogens with zero attached hydrogens (tertiary/aromatic N) is 4. The summed E-state index contributed by atoms with van der Waals surface area (Å²) in [6.45, 7) is 3.52. The van der Waals surface area contributed by atoms with Crippen LogP contribution in [-0.4, -0.2) is 58.6 Å². The molecule has 1 aromatic carbocycles. The summed E-state index contributed by atoms with van der Waals surface area (Å²) in [5.41, 5.74) is 5.64. The van der Waals surface area contributed by atoms with Crippen LogP contribution in [0.4, 0.5) is 14.6 Å². The third-order valence-electron chi connectivity index (χ3n) is 5.76. The highest BCUT2D eigenvalue weighted by atomic mass is 19.1. The first kappa shape index (κ1) is 22.7. The Morgan fingerprint density at radius 1 is 1.42 bits per heavy atom. The van der Waals surface area contributed by atoms with Crippen LogP contribution in [0.3, 0.4) is 0 Å². The molecule has 0 radical (unpaired) electrons. The predicted molar refractivity (Wildman–Crippen MR) is 119 cm³/mol. The van der Waals surface area contributed by atoms with E-state index in [9.17, 15) is 13.6 Å². The third-order valence-corrected chi connectivity index (χ3v) is 5.76. The van der Waals surface area contributed by atoms with Gasteiger partial charge in [-0.25, -0.2) is 18.4 Å². The van der Waals surface area contributed by atoms with Crippen LogP contribution in [0.15, 0.2) is 12.4 Å². The minimum Gasteiger partial charge on any atom is -0.383 e. The zero-order valence-corrected chi connectivity index (χ0v) is 18.6. The maximum Gasteiger partial charge on any atom is 0.255 e. The smallest absolute Gasteiger partial charge is 0.255 e. The molecule has 3 aromatic rings. The van der Waals surface area contributed by atoms with E-state index >= 15 is 0 Å². The van der Waals surface area contributed by atoms with Crippen LogP contribution in [0.1, 0.15) is 41.0 Å².